The maximum Gasteiger partial charge on any atom is 0.136 e. The van der Waals surface area contributed by atoms with E-state index in [1.165, 1.54) is 0 Å². The summed E-state index contributed by atoms with van der Waals surface area (Å²) < 4.78 is 79.6. The van der Waals surface area contributed by atoms with E-state index in [0.717, 1.165) is 65.4 Å². The molecular weight excluding hydrogens is 617 g/mol. The molecule has 0 N–H and O–H groups in total. The van der Waals surface area contributed by atoms with Gasteiger partial charge in [-0.3, -0.25) is 0 Å². The number of benzene rings is 10. The zero-order valence-electron chi connectivity index (χ0n) is 35.1. The Bertz CT molecular complexity index is 3560. The maximum atomic E-state index is 9.46. The molecule has 1 heteroatoms. The molecule has 0 aliphatic heterocycles. The number of hydrogen-bond acceptors (Lipinski definition) is 1. The van der Waals surface area contributed by atoms with E-state index in [-0.39, 0.29) is 45.7 Å². The van der Waals surface area contributed by atoms with Crippen molar-refractivity contribution in [3.8, 4) is 33.4 Å². The molecule has 0 fully saturated rings. The topological polar surface area (TPSA) is 13.1 Å². The summed E-state index contributed by atoms with van der Waals surface area (Å²) in [6.45, 7) is 0. The van der Waals surface area contributed by atoms with Gasteiger partial charge in [0.1, 0.15) is 11.2 Å². The van der Waals surface area contributed by atoms with Gasteiger partial charge in [-0.1, -0.05) is 158 Å². The maximum absolute atomic E-state index is 9.46. The van der Waals surface area contributed by atoms with Gasteiger partial charge >= 0.3 is 0 Å². The van der Waals surface area contributed by atoms with Crippen LogP contribution in [0.4, 0.5) is 0 Å². The van der Waals surface area contributed by atoms with E-state index in [2.05, 4.69) is 24.3 Å². The number of fused-ring (bicyclic) bond motifs is 10. The smallest absolute Gasteiger partial charge is 0.136 e. The van der Waals surface area contributed by atoms with Crippen molar-refractivity contribution in [3.05, 3.63) is 182 Å². The first-order valence-corrected chi connectivity index (χ1v) is 16.9. The van der Waals surface area contributed by atoms with Gasteiger partial charge in [-0.05, 0) is 112 Å². The molecule has 0 saturated carbocycles. The summed E-state index contributed by atoms with van der Waals surface area (Å²) in [5.74, 6) is 0. The average molecular weight is 655 g/mol. The molecule has 0 aliphatic rings. The van der Waals surface area contributed by atoms with E-state index in [9.17, 15) is 5.48 Å². The standard InChI is InChI=1S/C50H30O/c1-4-14-37-32(11-1)25-28-47-50(37)45-29-34(26-27-46(45)51-47)31-21-23-33(24-22-31)48-40-17-7-9-19-42(40)49(43-20-10-8-18-41(43)48)44-30-35-12-2-3-13-36(35)38-15-5-6-16-39(38)44/h1-30H/i7D,8D,9D,10D,17D,18D,19D,20D. The lowest BCUT2D eigenvalue weighted by atomic mass is 9.83. The van der Waals surface area contributed by atoms with Gasteiger partial charge in [-0.25, -0.2) is 0 Å². The molecule has 1 aromatic heterocycles. The highest BCUT2D eigenvalue weighted by molar-refractivity contribution is 6.26. The van der Waals surface area contributed by atoms with Crippen LogP contribution in [0.15, 0.2) is 186 Å². The summed E-state index contributed by atoms with van der Waals surface area (Å²) in [4.78, 5) is 0. The predicted molar refractivity (Wildman–Crippen MR) is 218 cm³/mol. The Morgan fingerprint density at radius 3 is 1.63 bits per heavy atom. The van der Waals surface area contributed by atoms with Crippen LogP contribution < -0.4 is 0 Å². The quantitative estimate of drug-likeness (QED) is 0.136. The van der Waals surface area contributed by atoms with Crippen LogP contribution in [-0.2, 0) is 0 Å². The van der Waals surface area contributed by atoms with Crippen molar-refractivity contribution in [1.82, 2.24) is 0 Å². The van der Waals surface area contributed by atoms with Crippen molar-refractivity contribution >= 4 is 75.8 Å². The van der Waals surface area contributed by atoms with Gasteiger partial charge in [0.15, 0.2) is 0 Å². The first-order chi connectivity index (χ1) is 28.6. The minimum Gasteiger partial charge on any atom is -0.456 e. The van der Waals surface area contributed by atoms with Gasteiger partial charge in [0.2, 0.25) is 0 Å². The van der Waals surface area contributed by atoms with E-state index < -0.39 is 24.2 Å². The molecule has 236 valence electrons. The molecular formula is C50H30O. The summed E-state index contributed by atoms with van der Waals surface area (Å²) in [5.41, 5.74) is 5.23. The third-order valence-electron chi connectivity index (χ3n) is 10.3. The van der Waals surface area contributed by atoms with Gasteiger partial charge in [-0.15, -0.1) is 0 Å². The largest absolute Gasteiger partial charge is 0.456 e. The highest BCUT2D eigenvalue weighted by Crippen LogP contribution is 2.47. The van der Waals surface area contributed by atoms with Gasteiger partial charge in [0, 0.05) is 10.8 Å². The average Bonchev–Trinajstić information content (AvgIpc) is 3.66. The van der Waals surface area contributed by atoms with E-state index in [0.29, 0.717) is 22.3 Å². The van der Waals surface area contributed by atoms with Crippen LogP contribution in [0.2, 0.25) is 0 Å². The van der Waals surface area contributed by atoms with Gasteiger partial charge in [-0.2, -0.15) is 0 Å². The lowest BCUT2D eigenvalue weighted by Gasteiger charge is -2.19. The summed E-state index contributed by atoms with van der Waals surface area (Å²) in [6.07, 6.45) is 0. The fourth-order valence-corrected chi connectivity index (χ4v) is 8.00. The van der Waals surface area contributed by atoms with Crippen molar-refractivity contribution in [3.63, 3.8) is 0 Å². The molecule has 0 amide bonds. The number of rotatable bonds is 3. The Hall–Kier alpha value is -6.70. The predicted octanol–water partition coefficient (Wildman–Crippen LogP) is 14.4. The minimum absolute atomic E-state index is 0.187. The first-order valence-electron chi connectivity index (χ1n) is 20.9. The molecule has 0 saturated heterocycles. The van der Waals surface area contributed by atoms with Crippen molar-refractivity contribution in [2.75, 3.05) is 0 Å². The Kier molecular flexibility index (Phi) is 4.57. The van der Waals surface area contributed by atoms with Crippen LogP contribution in [0.5, 0.6) is 0 Å². The van der Waals surface area contributed by atoms with Crippen LogP contribution in [0, 0.1) is 0 Å². The molecule has 1 heterocycles. The van der Waals surface area contributed by atoms with Crippen LogP contribution in [0.25, 0.3) is 109 Å². The second-order valence-corrected chi connectivity index (χ2v) is 13.0. The fraction of sp³-hybridized carbons (Fsp3) is 0. The molecule has 0 atom stereocenters. The molecule has 10 aromatic carbocycles. The molecule has 1 nitrogen and oxygen atoms in total. The first kappa shape index (κ1) is 21.4. The summed E-state index contributed by atoms with van der Waals surface area (Å²) >= 11 is 0. The molecule has 0 unspecified atom stereocenters. The highest BCUT2D eigenvalue weighted by atomic mass is 16.3. The second-order valence-electron chi connectivity index (χ2n) is 13.0. The summed E-state index contributed by atoms with van der Waals surface area (Å²) in [7, 11) is 0. The zero-order valence-corrected chi connectivity index (χ0v) is 27.1. The van der Waals surface area contributed by atoms with E-state index >= 15 is 0 Å². The Balaban J connectivity index is 1.23. The molecule has 0 aliphatic carbocycles. The highest BCUT2D eigenvalue weighted by Gasteiger charge is 2.19. The molecule has 51 heavy (non-hydrogen) atoms. The van der Waals surface area contributed by atoms with Crippen molar-refractivity contribution in [2.24, 2.45) is 0 Å². The second kappa shape index (κ2) is 10.9. The Morgan fingerprint density at radius 2 is 0.902 bits per heavy atom. The Labute approximate surface area is 305 Å². The fourth-order valence-electron chi connectivity index (χ4n) is 8.00. The SMILES string of the molecule is [2H]c1c([2H])c([2H])c2c(-c3cc4ccccc4c4ccccc34)c3c([2H])c([2H])c([2H])c([2H])c3c(-c3ccc(-c4ccc5oc6ccc7ccccc7c6c5c4)cc3)c2c1[2H]. The van der Waals surface area contributed by atoms with Crippen molar-refractivity contribution in [1.29, 1.82) is 0 Å². The normalized spacial score (nSPS) is 14.1. The summed E-state index contributed by atoms with van der Waals surface area (Å²) in [6, 6.07) is 40.8. The number of hydrogen-bond donors (Lipinski definition) is 0. The van der Waals surface area contributed by atoms with Crippen LogP contribution in [0.1, 0.15) is 11.0 Å². The van der Waals surface area contributed by atoms with E-state index in [1.807, 2.05) is 109 Å². The van der Waals surface area contributed by atoms with Crippen LogP contribution >= 0.6 is 0 Å². The third-order valence-corrected chi connectivity index (χ3v) is 10.3. The molecule has 0 radical (unpaired) electrons. The van der Waals surface area contributed by atoms with Gasteiger partial charge in [0.05, 0.1) is 11.0 Å². The lowest BCUT2D eigenvalue weighted by molar-refractivity contribution is 0.669. The molecule has 0 spiro atoms. The zero-order chi connectivity index (χ0) is 40.4. The molecule has 11 rings (SSSR count). The van der Waals surface area contributed by atoms with Crippen molar-refractivity contribution < 1.29 is 15.4 Å². The van der Waals surface area contributed by atoms with Gasteiger partial charge < -0.3 is 4.42 Å². The lowest BCUT2D eigenvalue weighted by Crippen LogP contribution is -1.92. The van der Waals surface area contributed by atoms with E-state index in [4.69, 9.17) is 9.90 Å². The van der Waals surface area contributed by atoms with Crippen molar-refractivity contribution in [2.45, 2.75) is 0 Å². The number of furan rings is 1. The summed E-state index contributed by atoms with van der Waals surface area (Å²) in [5, 5.41) is 8.59. The monoisotopic (exact) mass is 654 g/mol. The van der Waals surface area contributed by atoms with Crippen LogP contribution in [-0.4, -0.2) is 0 Å². The van der Waals surface area contributed by atoms with Crippen LogP contribution in [0.3, 0.4) is 0 Å². The van der Waals surface area contributed by atoms with Gasteiger partial charge in [0.25, 0.3) is 0 Å². The van der Waals surface area contributed by atoms with E-state index in [1.54, 1.807) is 0 Å². The Morgan fingerprint density at radius 1 is 0.353 bits per heavy atom. The molecule has 0 bridgehead atoms. The minimum atomic E-state index is -0.428. The molecule has 11 aromatic rings. The third kappa shape index (κ3) is 4.22.